The van der Waals surface area contributed by atoms with Crippen LogP contribution < -0.4 is 5.32 Å². The summed E-state index contributed by atoms with van der Waals surface area (Å²) in [4.78, 5) is 20.6. The van der Waals surface area contributed by atoms with Crippen molar-refractivity contribution in [1.29, 1.82) is 0 Å². The molecule has 0 atom stereocenters. The fraction of sp³-hybridized carbons (Fsp3) is 0.222. The van der Waals surface area contributed by atoms with Gasteiger partial charge in [0.15, 0.2) is 0 Å². The van der Waals surface area contributed by atoms with Gasteiger partial charge < -0.3 is 10.4 Å². The lowest BCUT2D eigenvalue weighted by Crippen LogP contribution is -2.14. The zero-order valence-corrected chi connectivity index (χ0v) is 9.45. The Balaban J connectivity index is 3.23. The minimum Gasteiger partial charge on any atom is -0.478 e. The molecule has 0 aliphatic heterocycles. The number of carboxylic acids is 1. The smallest absolute Gasteiger partial charge is 0.338 e. The Morgan fingerprint density at radius 2 is 2.17 bits per heavy atom. The van der Waals surface area contributed by atoms with Crippen LogP contribution in [0.5, 0.6) is 0 Å². The van der Waals surface area contributed by atoms with Crippen LogP contribution in [-0.2, 0) is 0 Å². The topological polar surface area (TPSA) is 92.5 Å². The van der Waals surface area contributed by atoms with Crippen LogP contribution in [0, 0.1) is 10.1 Å². The summed E-state index contributed by atoms with van der Waals surface area (Å²) in [6.07, 6.45) is -2.71. The van der Waals surface area contributed by atoms with Crippen molar-refractivity contribution in [2.75, 3.05) is 11.9 Å². The Labute approximate surface area is 104 Å². The molecule has 0 bridgehead atoms. The number of carbonyl (C=O) groups is 1. The number of aromatic carboxylic acids is 1. The third kappa shape index (κ3) is 3.27. The number of rotatable bonds is 5. The molecule has 6 nitrogen and oxygen atoms in total. The molecule has 98 valence electrons. The van der Waals surface area contributed by atoms with Crippen molar-refractivity contribution in [2.24, 2.45) is 0 Å². The van der Waals surface area contributed by atoms with E-state index in [0.717, 1.165) is 12.1 Å². The lowest BCUT2D eigenvalue weighted by molar-refractivity contribution is -0.384. The second-order valence-electron chi connectivity index (χ2n) is 3.18. The summed E-state index contributed by atoms with van der Waals surface area (Å²) in [7, 11) is 0. The van der Waals surface area contributed by atoms with Crippen molar-refractivity contribution in [3.8, 4) is 0 Å². The molecule has 1 aromatic rings. The molecule has 0 fully saturated rings. The first-order valence-corrected chi connectivity index (χ1v) is 4.94. The summed E-state index contributed by atoms with van der Waals surface area (Å²) < 4.78 is 24.1. The van der Waals surface area contributed by atoms with Crippen LogP contribution in [0.2, 0.25) is 5.02 Å². The van der Waals surface area contributed by atoms with Crippen LogP contribution in [0.15, 0.2) is 12.1 Å². The second kappa shape index (κ2) is 5.58. The molecule has 0 aliphatic carbocycles. The van der Waals surface area contributed by atoms with E-state index in [2.05, 4.69) is 5.32 Å². The molecule has 0 radical (unpaired) electrons. The van der Waals surface area contributed by atoms with Crippen molar-refractivity contribution in [2.45, 2.75) is 6.43 Å². The maximum atomic E-state index is 12.0. The minimum absolute atomic E-state index is 0.268. The van der Waals surface area contributed by atoms with Gasteiger partial charge in [0.1, 0.15) is 0 Å². The molecular weight excluding hydrogens is 274 g/mol. The molecule has 0 aromatic heterocycles. The van der Waals surface area contributed by atoms with Gasteiger partial charge in [0.25, 0.3) is 12.1 Å². The quantitative estimate of drug-likeness (QED) is 0.639. The molecule has 0 aliphatic rings. The molecule has 9 heteroatoms. The van der Waals surface area contributed by atoms with Gasteiger partial charge in [-0.2, -0.15) is 0 Å². The zero-order chi connectivity index (χ0) is 13.9. The highest BCUT2D eigenvalue weighted by atomic mass is 35.5. The van der Waals surface area contributed by atoms with E-state index in [1.807, 2.05) is 0 Å². The monoisotopic (exact) mass is 280 g/mol. The van der Waals surface area contributed by atoms with Crippen molar-refractivity contribution in [1.82, 2.24) is 0 Å². The highest BCUT2D eigenvalue weighted by Gasteiger charge is 2.20. The summed E-state index contributed by atoms with van der Waals surface area (Å²) in [5.74, 6) is -1.50. The third-order valence-electron chi connectivity index (χ3n) is 1.95. The maximum absolute atomic E-state index is 12.0. The third-order valence-corrected chi connectivity index (χ3v) is 2.25. The van der Waals surface area contributed by atoms with E-state index in [0.29, 0.717) is 0 Å². The van der Waals surface area contributed by atoms with Gasteiger partial charge in [-0.05, 0) is 0 Å². The number of benzene rings is 1. The lowest BCUT2D eigenvalue weighted by atomic mass is 10.1. The van der Waals surface area contributed by atoms with Crippen LogP contribution >= 0.6 is 11.6 Å². The fourth-order valence-corrected chi connectivity index (χ4v) is 1.51. The number of non-ortho nitro benzene ring substituents is 1. The predicted octanol–water partition coefficient (Wildman–Crippen LogP) is 2.62. The van der Waals surface area contributed by atoms with Gasteiger partial charge in [0.05, 0.1) is 27.7 Å². The number of nitro benzene ring substituents is 1. The number of anilines is 1. The Bertz CT molecular complexity index is 496. The zero-order valence-electron chi connectivity index (χ0n) is 8.69. The molecule has 0 unspecified atom stereocenters. The van der Waals surface area contributed by atoms with Gasteiger partial charge in [-0.3, -0.25) is 10.1 Å². The molecule has 0 amide bonds. The number of carboxylic acid groups (broad SMARTS) is 1. The first-order valence-electron chi connectivity index (χ1n) is 4.56. The summed E-state index contributed by atoms with van der Waals surface area (Å²) >= 11 is 5.63. The molecule has 2 N–H and O–H groups in total. The summed E-state index contributed by atoms with van der Waals surface area (Å²) in [5, 5.41) is 21.2. The Morgan fingerprint density at radius 1 is 1.56 bits per heavy atom. The SMILES string of the molecule is O=C(O)c1cc([N+](=O)[O-])cc(Cl)c1NCC(F)F. The largest absolute Gasteiger partial charge is 0.478 e. The highest BCUT2D eigenvalue weighted by Crippen LogP contribution is 2.31. The van der Waals surface area contributed by atoms with E-state index in [9.17, 15) is 23.7 Å². The van der Waals surface area contributed by atoms with Gasteiger partial charge in [0, 0.05) is 12.1 Å². The van der Waals surface area contributed by atoms with Gasteiger partial charge in [-0.25, -0.2) is 13.6 Å². The average Bonchev–Trinajstić information content (AvgIpc) is 2.25. The van der Waals surface area contributed by atoms with Crippen molar-refractivity contribution < 1.29 is 23.6 Å². The standard InChI is InChI=1S/C9H7ClF2N2O4/c10-6-2-4(14(17)18)1-5(9(15)16)8(6)13-3-7(11)12/h1-2,7,13H,3H2,(H,15,16). The first-order chi connectivity index (χ1) is 8.32. The predicted molar refractivity (Wildman–Crippen MR) is 59.6 cm³/mol. The van der Waals surface area contributed by atoms with Crippen LogP contribution in [0.25, 0.3) is 0 Å². The molecule has 1 rings (SSSR count). The first kappa shape index (κ1) is 14.1. The Kier molecular flexibility index (Phi) is 4.38. The summed E-state index contributed by atoms with van der Waals surface area (Å²) in [5.41, 5.74) is -1.33. The second-order valence-corrected chi connectivity index (χ2v) is 3.59. The molecule has 0 heterocycles. The van der Waals surface area contributed by atoms with E-state index in [4.69, 9.17) is 16.7 Å². The van der Waals surface area contributed by atoms with Gasteiger partial charge in [0.2, 0.25) is 0 Å². The summed E-state index contributed by atoms with van der Waals surface area (Å²) in [6, 6.07) is 1.64. The van der Waals surface area contributed by atoms with Crippen molar-refractivity contribution in [3.63, 3.8) is 0 Å². The van der Waals surface area contributed by atoms with Crippen LogP contribution in [0.4, 0.5) is 20.2 Å². The molecule has 0 saturated carbocycles. The fourth-order valence-electron chi connectivity index (χ4n) is 1.23. The molecular formula is C9H7ClF2N2O4. The number of alkyl halides is 2. The summed E-state index contributed by atoms with van der Waals surface area (Å²) in [6.45, 7) is -0.808. The van der Waals surface area contributed by atoms with Crippen LogP contribution in [0.1, 0.15) is 10.4 Å². The number of hydrogen-bond acceptors (Lipinski definition) is 4. The highest BCUT2D eigenvalue weighted by molar-refractivity contribution is 6.34. The molecule has 1 aromatic carbocycles. The number of nitrogens with zero attached hydrogens (tertiary/aromatic N) is 1. The Hall–Kier alpha value is -1.96. The van der Waals surface area contributed by atoms with E-state index >= 15 is 0 Å². The van der Waals surface area contributed by atoms with E-state index in [-0.39, 0.29) is 10.7 Å². The minimum atomic E-state index is -2.71. The van der Waals surface area contributed by atoms with E-state index in [1.165, 1.54) is 0 Å². The normalized spacial score (nSPS) is 10.4. The van der Waals surface area contributed by atoms with Crippen LogP contribution in [0.3, 0.4) is 0 Å². The maximum Gasteiger partial charge on any atom is 0.338 e. The van der Waals surface area contributed by atoms with Crippen LogP contribution in [-0.4, -0.2) is 29.0 Å². The van der Waals surface area contributed by atoms with Gasteiger partial charge in [-0.1, -0.05) is 11.6 Å². The number of nitro groups is 1. The van der Waals surface area contributed by atoms with Gasteiger partial charge in [-0.15, -0.1) is 0 Å². The number of halogens is 3. The van der Waals surface area contributed by atoms with Crippen molar-refractivity contribution in [3.05, 3.63) is 32.8 Å². The van der Waals surface area contributed by atoms with Gasteiger partial charge >= 0.3 is 5.97 Å². The number of hydrogen-bond donors (Lipinski definition) is 2. The lowest BCUT2D eigenvalue weighted by Gasteiger charge is -2.10. The number of nitrogens with one attached hydrogen (secondary N) is 1. The molecule has 0 spiro atoms. The van der Waals surface area contributed by atoms with E-state index in [1.54, 1.807) is 0 Å². The molecule has 0 saturated heterocycles. The Morgan fingerprint density at radius 3 is 2.61 bits per heavy atom. The van der Waals surface area contributed by atoms with Crippen molar-refractivity contribution >= 4 is 28.9 Å². The molecule has 18 heavy (non-hydrogen) atoms. The van der Waals surface area contributed by atoms with E-state index < -0.39 is 35.1 Å². The average molecular weight is 281 g/mol.